The number of imidazole rings is 1. The maximum Gasteiger partial charge on any atom is 0.332 e. The zero-order valence-electron chi connectivity index (χ0n) is 16.8. The van der Waals surface area contributed by atoms with Crippen molar-refractivity contribution in [1.82, 2.24) is 24.0 Å². The van der Waals surface area contributed by atoms with Crippen LogP contribution in [0.5, 0.6) is 0 Å². The first-order valence-corrected chi connectivity index (χ1v) is 9.36. The number of aromatic nitrogens is 4. The van der Waals surface area contributed by atoms with Gasteiger partial charge in [-0.05, 0) is 17.5 Å². The summed E-state index contributed by atoms with van der Waals surface area (Å²) in [6.07, 6.45) is 2.40. The lowest BCUT2D eigenvalue weighted by Crippen LogP contribution is -2.37. The van der Waals surface area contributed by atoms with Gasteiger partial charge in [0.1, 0.15) is 0 Å². The van der Waals surface area contributed by atoms with Gasteiger partial charge in [-0.1, -0.05) is 24.3 Å². The molecule has 0 aliphatic heterocycles. The summed E-state index contributed by atoms with van der Waals surface area (Å²) in [7, 11) is 4.67. The van der Waals surface area contributed by atoms with E-state index in [0.29, 0.717) is 43.7 Å². The molecule has 9 heteroatoms. The second kappa shape index (κ2) is 8.87. The Morgan fingerprint density at radius 2 is 1.93 bits per heavy atom. The van der Waals surface area contributed by atoms with Gasteiger partial charge in [0, 0.05) is 40.7 Å². The number of amides is 1. The zero-order valence-corrected chi connectivity index (χ0v) is 16.8. The van der Waals surface area contributed by atoms with Gasteiger partial charge in [-0.3, -0.25) is 18.7 Å². The summed E-state index contributed by atoms with van der Waals surface area (Å²) in [4.78, 5) is 40.7. The molecule has 0 spiro atoms. The Morgan fingerprint density at radius 1 is 1.17 bits per heavy atom. The first-order valence-electron chi connectivity index (χ1n) is 9.36. The van der Waals surface area contributed by atoms with Crippen molar-refractivity contribution in [2.75, 3.05) is 7.11 Å². The van der Waals surface area contributed by atoms with Crippen molar-refractivity contribution >= 4 is 17.1 Å². The van der Waals surface area contributed by atoms with Crippen molar-refractivity contribution in [1.29, 1.82) is 0 Å². The number of benzene rings is 1. The standard InChI is InChI=1S/C20H25N5O4/c1-23-18-17(19(27)24(2)20(23)28)25(13-22-18)9-5-8-16(26)21-11-14-6-4-7-15(10-14)12-29-3/h4,6-7,10,13H,5,8-9,11-12H2,1-3H3,(H,21,26). The predicted octanol–water partition coefficient (Wildman–Crippen LogP) is 0.677. The highest BCUT2D eigenvalue weighted by atomic mass is 16.5. The minimum Gasteiger partial charge on any atom is -0.380 e. The quantitative estimate of drug-likeness (QED) is 0.600. The summed E-state index contributed by atoms with van der Waals surface area (Å²) in [5.41, 5.74) is 1.98. The molecule has 154 valence electrons. The number of carbonyl (C=O) groups excluding carboxylic acids is 1. The number of methoxy groups -OCH3 is 1. The Balaban J connectivity index is 1.58. The highest BCUT2D eigenvalue weighted by molar-refractivity contribution is 5.75. The molecule has 9 nitrogen and oxygen atoms in total. The van der Waals surface area contributed by atoms with Gasteiger partial charge in [0.2, 0.25) is 5.91 Å². The lowest BCUT2D eigenvalue weighted by molar-refractivity contribution is -0.121. The number of ether oxygens (including phenoxy) is 1. The van der Waals surface area contributed by atoms with Crippen LogP contribution in [0, 0.1) is 0 Å². The molecular formula is C20H25N5O4. The van der Waals surface area contributed by atoms with E-state index in [-0.39, 0.29) is 11.5 Å². The normalized spacial score (nSPS) is 11.1. The molecule has 1 N–H and O–H groups in total. The van der Waals surface area contributed by atoms with E-state index >= 15 is 0 Å². The molecule has 0 radical (unpaired) electrons. The van der Waals surface area contributed by atoms with E-state index in [1.807, 2.05) is 24.3 Å². The smallest absolute Gasteiger partial charge is 0.332 e. The van der Waals surface area contributed by atoms with Gasteiger partial charge >= 0.3 is 5.69 Å². The second-order valence-electron chi connectivity index (χ2n) is 6.95. The monoisotopic (exact) mass is 399 g/mol. The minimum atomic E-state index is -0.415. The Labute approximate surface area is 167 Å². The van der Waals surface area contributed by atoms with Gasteiger partial charge in [0.05, 0.1) is 12.9 Å². The summed E-state index contributed by atoms with van der Waals surface area (Å²) in [6.45, 7) is 1.44. The van der Waals surface area contributed by atoms with Gasteiger partial charge in [0.15, 0.2) is 11.2 Å². The maximum absolute atomic E-state index is 12.4. The molecule has 0 aliphatic rings. The fourth-order valence-electron chi connectivity index (χ4n) is 3.26. The van der Waals surface area contributed by atoms with Crippen LogP contribution in [-0.2, 0) is 43.3 Å². The molecule has 3 aromatic rings. The summed E-state index contributed by atoms with van der Waals surface area (Å²) in [6, 6.07) is 7.87. The number of rotatable bonds is 8. The number of aryl methyl sites for hydroxylation is 2. The van der Waals surface area contributed by atoms with Gasteiger partial charge in [-0.15, -0.1) is 0 Å². The largest absolute Gasteiger partial charge is 0.380 e. The number of hydrogen-bond donors (Lipinski definition) is 1. The van der Waals surface area contributed by atoms with Crippen molar-refractivity contribution in [2.24, 2.45) is 14.1 Å². The number of nitrogens with zero attached hydrogens (tertiary/aromatic N) is 4. The molecule has 0 saturated heterocycles. The van der Waals surface area contributed by atoms with Gasteiger partial charge in [-0.2, -0.15) is 0 Å². The predicted molar refractivity (Wildman–Crippen MR) is 108 cm³/mol. The zero-order chi connectivity index (χ0) is 21.0. The summed E-state index contributed by atoms with van der Waals surface area (Å²) in [5.74, 6) is -0.0631. The first kappa shape index (κ1) is 20.5. The molecule has 1 aromatic carbocycles. The van der Waals surface area contributed by atoms with Crippen LogP contribution in [0.25, 0.3) is 11.2 Å². The molecule has 0 unspecified atom stereocenters. The molecule has 0 bridgehead atoms. The Kier molecular flexibility index (Phi) is 6.28. The van der Waals surface area contributed by atoms with Gasteiger partial charge < -0.3 is 14.6 Å². The highest BCUT2D eigenvalue weighted by Crippen LogP contribution is 2.08. The third kappa shape index (κ3) is 4.45. The molecule has 1 amide bonds. The van der Waals surface area contributed by atoms with Gasteiger partial charge in [-0.25, -0.2) is 9.78 Å². The third-order valence-electron chi connectivity index (χ3n) is 4.81. The minimum absolute atomic E-state index is 0.0631. The molecule has 2 aromatic heterocycles. The maximum atomic E-state index is 12.4. The van der Waals surface area contributed by atoms with E-state index in [2.05, 4.69) is 10.3 Å². The van der Waals surface area contributed by atoms with Crippen molar-refractivity contribution < 1.29 is 9.53 Å². The van der Waals surface area contributed by atoms with Crippen molar-refractivity contribution in [3.63, 3.8) is 0 Å². The SMILES string of the molecule is COCc1cccc(CNC(=O)CCCn2cnc3c2c(=O)n(C)c(=O)n3C)c1. The Morgan fingerprint density at radius 3 is 2.69 bits per heavy atom. The van der Waals surface area contributed by atoms with Crippen LogP contribution >= 0.6 is 0 Å². The van der Waals surface area contributed by atoms with E-state index in [0.717, 1.165) is 15.7 Å². The number of fused-ring (bicyclic) bond motifs is 1. The van der Waals surface area contributed by atoms with Crippen LogP contribution in [0.2, 0.25) is 0 Å². The molecule has 0 atom stereocenters. The first-order chi connectivity index (χ1) is 13.9. The highest BCUT2D eigenvalue weighted by Gasteiger charge is 2.14. The number of nitrogens with one attached hydrogen (secondary N) is 1. The fraction of sp³-hybridized carbons (Fsp3) is 0.400. The molecule has 3 rings (SSSR count). The van der Waals surface area contributed by atoms with Crippen LogP contribution in [0.3, 0.4) is 0 Å². The number of carbonyl (C=O) groups is 1. The van der Waals surface area contributed by atoms with Crippen LogP contribution < -0.4 is 16.6 Å². The lowest BCUT2D eigenvalue weighted by Gasteiger charge is -2.08. The molecule has 0 aliphatic carbocycles. The number of hydrogen-bond acceptors (Lipinski definition) is 5. The van der Waals surface area contributed by atoms with Crippen molar-refractivity contribution in [3.8, 4) is 0 Å². The van der Waals surface area contributed by atoms with Crippen LogP contribution in [0.1, 0.15) is 24.0 Å². The second-order valence-corrected chi connectivity index (χ2v) is 6.95. The summed E-state index contributed by atoms with van der Waals surface area (Å²) < 4.78 is 9.22. The van der Waals surface area contributed by atoms with Crippen molar-refractivity contribution in [2.45, 2.75) is 32.5 Å². The van der Waals surface area contributed by atoms with Crippen molar-refractivity contribution in [3.05, 3.63) is 62.6 Å². The molecule has 0 saturated carbocycles. The Bertz CT molecular complexity index is 1140. The average Bonchev–Trinajstić information content (AvgIpc) is 3.14. The van der Waals surface area contributed by atoms with Crippen LogP contribution in [0.15, 0.2) is 40.2 Å². The summed E-state index contributed by atoms with van der Waals surface area (Å²) in [5, 5.41) is 2.91. The topological polar surface area (TPSA) is 100 Å². The average molecular weight is 399 g/mol. The lowest BCUT2D eigenvalue weighted by atomic mass is 10.1. The van der Waals surface area contributed by atoms with E-state index < -0.39 is 5.69 Å². The molecular weight excluding hydrogens is 374 g/mol. The third-order valence-corrected chi connectivity index (χ3v) is 4.81. The molecule has 0 fully saturated rings. The van der Waals surface area contributed by atoms with E-state index in [4.69, 9.17) is 4.74 Å². The van der Waals surface area contributed by atoms with E-state index in [1.54, 1.807) is 18.7 Å². The summed E-state index contributed by atoms with van der Waals surface area (Å²) >= 11 is 0. The molecule has 2 heterocycles. The van der Waals surface area contributed by atoms with E-state index in [9.17, 15) is 14.4 Å². The van der Waals surface area contributed by atoms with E-state index in [1.165, 1.54) is 17.9 Å². The fourth-order valence-corrected chi connectivity index (χ4v) is 3.26. The molecule has 29 heavy (non-hydrogen) atoms. The van der Waals surface area contributed by atoms with Crippen LogP contribution in [0.4, 0.5) is 0 Å². The van der Waals surface area contributed by atoms with Gasteiger partial charge in [0.25, 0.3) is 5.56 Å². The Hall–Kier alpha value is -3.20. The van der Waals surface area contributed by atoms with Crippen LogP contribution in [-0.4, -0.2) is 31.7 Å².